The Balaban J connectivity index is 1.21. The number of carbonyl (C=O) groups excluding carboxylic acids is 2. The zero-order chi connectivity index (χ0) is 33.5. The molecule has 5 aromatic rings. The summed E-state index contributed by atoms with van der Waals surface area (Å²) in [6, 6.07) is 24.0. The van der Waals surface area contributed by atoms with E-state index in [1.54, 1.807) is 30.3 Å². The second-order valence-electron chi connectivity index (χ2n) is 10.7. The average Bonchev–Trinajstić information content (AvgIpc) is 3.05. The zero-order valence-electron chi connectivity index (χ0n) is 25.4. The minimum atomic E-state index is -0.947. The predicted molar refractivity (Wildman–Crippen MR) is 180 cm³/mol. The van der Waals surface area contributed by atoms with Gasteiger partial charge in [-0.2, -0.15) is 0 Å². The molecule has 2 amide bonds. The quantitative estimate of drug-likeness (QED) is 0.103. The minimum absolute atomic E-state index is 0.0883. The molecular formula is C35H33ClN4O7. The van der Waals surface area contributed by atoms with Crippen molar-refractivity contribution >= 4 is 40.2 Å². The molecule has 11 nitrogen and oxygen atoms in total. The van der Waals surface area contributed by atoms with Crippen molar-refractivity contribution in [1.29, 1.82) is 0 Å². The van der Waals surface area contributed by atoms with Crippen LogP contribution in [0.4, 0.5) is 10.5 Å². The van der Waals surface area contributed by atoms with Crippen molar-refractivity contribution in [3.8, 4) is 28.4 Å². The zero-order valence-corrected chi connectivity index (χ0v) is 26.1. The number of amides is 2. The van der Waals surface area contributed by atoms with Crippen molar-refractivity contribution in [3.05, 3.63) is 117 Å². The number of hydrogen-bond donors (Lipinski definition) is 6. The van der Waals surface area contributed by atoms with Crippen LogP contribution in [0.15, 0.2) is 89.7 Å². The first-order chi connectivity index (χ1) is 22.6. The number of nitrogens with two attached hydrogens (primary N) is 1. The second kappa shape index (κ2) is 14.8. The fourth-order valence-corrected chi connectivity index (χ4v) is 5.50. The number of rotatable bonds is 12. The van der Waals surface area contributed by atoms with Gasteiger partial charge in [0.25, 0.3) is 0 Å². The predicted octanol–water partition coefficient (Wildman–Crippen LogP) is 5.41. The van der Waals surface area contributed by atoms with E-state index in [2.05, 4.69) is 15.6 Å². The SMILES string of the molecule is COc1cc(NC(=O)CCc2ccc(-c3ccccc3)c(OC(N)=O)c2)c(Cl)cc1CNC[C@H](O)c1ccc(O)c2[nH]c(=O)ccc12. The largest absolute Gasteiger partial charge is 0.506 e. The Labute approximate surface area is 274 Å². The molecule has 0 saturated heterocycles. The Bertz CT molecular complexity index is 1980. The van der Waals surface area contributed by atoms with E-state index in [-0.39, 0.29) is 42.2 Å². The summed E-state index contributed by atoms with van der Waals surface area (Å²) in [5, 5.41) is 27.8. The molecule has 0 aliphatic carbocycles. The molecule has 0 bridgehead atoms. The number of hydrogen-bond acceptors (Lipinski definition) is 8. The Morgan fingerprint density at radius 2 is 1.79 bits per heavy atom. The molecule has 0 aliphatic rings. The summed E-state index contributed by atoms with van der Waals surface area (Å²) in [6.07, 6.45) is -1.39. The summed E-state index contributed by atoms with van der Waals surface area (Å²) >= 11 is 6.53. The number of aromatic nitrogens is 1. The number of methoxy groups -OCH3 is 1. The molecule has 1 atom stereocenters. The van der Waals surface area contributed by atoms with Gasteiger partial charge in [0.05, 0.1) is 29.4 Å². The van der Waals surface area contributed by atoms with E-state index in [0.717, 1.165) is 11.1 Å². The third-order valence-electron chi connectivity index (χ3n) is 7.55. The van der Waals surface area contributed by atoms with Crippen molar-refractivity contribution in [2.75, 3.05) is 19.0 Å². The Morgan fingerprint density at radius 3 is 2.53 bits per heavy atom. The third-order valence-corrected chi connectivity index (χ3v) is 7.86. The van der Waals surface area contributed by atoms with Gasteiger partial charge in [0.15, 0.2) is 0 Å². The maximum Gasteiger partial charge on any atom is 0.409 e. The number of nitrogens with one attached hydrogen (secondary N) is 3. The van der Waals surface area contributed by atoms with E-state index in [9.17, 15) is 24.6 Å². The Hall–Kier alpha value is -5.36. The number of H-pyrrole nitrogens is 1. The van der Waals surface area contributed by atoms with Crippen molar-refractivity contribution in [2.45, 2.75) is 25.5 Å². The molecule has 0 saturated carbocycles. The van der Waals surface area contributed by atoms with Crippen molar-refractivity contribution in [1.82, 2.24) is 10.3 Å². The summed E-state index contributed by atoms with van der Waals surface area (Å²) in [5.41, 5.74) is 9.12. The molecule has 12 heteroatoms. The molecule has 0 radical (unpaired) electrons. The van der Waals surface area contributed by atoms with E-state index in [1.807, 2.05) is 42.5 Å². The monoisotopic (exact) mass is 656 g/mol. The Morgan fingerprint density at radius 1 is 1.00 bits per heavy atom. The van der Waals surface area contributed by atoms with Crippen LogP contribution in [0.25, 0.3) is 22.0 Å². The molecule has 5 rings (SSSR count). The van der Waals surface area contributed by atoms with Crippen LogP contribution in [0.2, 0.25) is 5.02 Å². The number of aryl methyl sites for hydroxylation is 1. The summed E-state index contributed by atoms with van der Waals surface area (Å²) < 4.78 is 10.8. The highest BCUT2D eigenvalue weighted by Gasteiger charge is 2.17. The number of carbonyl (C=O) groups is 2. The van der Waals surface area contributed by atoms with E-state index in [1.165, 1.54) is 19.2 Å². The number of primary amides is 1. The van der Waals surface area contributed by atoms with Gasteiger partial charge in [-0.15, -0.1) is 0 Å². The summed E-state index contributed by atoms with van der Waals surface area (Å²) in [7, 11) is 1.50. The fourth-order valence-electron chi connectivity index (χ4n) is 5.26. The number of aromatic amines is 1. The average molecular weight is 657 g/mol. The van der Waals surface area contributed by atoms with Crippen LogP contribution < -0.4 is 31.4 Å². The lowest BCUT2D eigenvalue weighted by atomic mass is 10.0. The number of halogens is 1. The maximum absolute atomic E-state index is 12.9. The molecule has 242 valence electrons. The molecule has 0 unspecified atom stereocenters. The lowest BCUT2D eigenvalue weighted by molar-refractivity contribution is -0.116. The summed E-state index contributed by atoms with van der Waals surface area (Å²) in [6.45, 7) is 0.437. The number of benzene rings is 4. The molecule has 0 aliphatic heterocycles. The summed E-state index contributed by atoms with van der Waals surface area (Å²) in [5.74, 6) is 0.410. The van der Waals surface area contributed by atoms with Crippen LogP contribution in [0.5, 0.6) is 17.2 Å². The van der Waals surface area contributed by atoms with Gasteiger partial charge in [-0.1, -0.05) is 60.1 Å². The number of pyridine rings is 1. The minimum Gasteiger partial charge on any atom is -0.506 e. The van der Waals surface area contributed by atoms with Gasteiger partial charge in [0, 0.05) is 48.2 Å². The topological polar surface area (TPSA) is 176 Å². The Kier molecular flexibility index (Phi) is 10.4. The molecule has 0 fully saturated rings. The van der Waals surface area contributed by atoms with Crippen LogP contribution in [-0.2, 0) is 17.8 Å². The van der Waals surface area contributed by atoms with E-state index in [0.29, 0.717) is 50.7 Å². The van der Waals surface area contributed by atoms with Gasteiger partial charge in [-0.05, 0) is 47.4 Å². The number of ether oxygens (including phenoxy) is 2. The summed E-state index contributed by atoms with van der Waals surface area (Å²) in [4.78, 5) is 38.7. The molecule has 7 N–H and O–H groups in total. The lowest BCUT2D eigenvalue weighted by Gasteiger charge is -2.17. The van der Waals surface area contributed by atoms with E-state index >= 15 is 0 Å². The fraction of sp³-hybridized carbons (Fsp3) is 0.171. The van der Waals surface area contributed by atoms with Crippen molar-refractivity contribution in [3.63, 3.8) is 0 Å². The first kappa shape index (κ1) is 33.0. The van der Waals surface area contributed by atoms with Gasteiger partial charge in [-0.25, -0.2) is 4.79 Å². The highest BCUT2D eigenvalue weighted by molar-refractivity contribution is 6.33. The number of aliphatic hydroxyl groups is 1. The number of anilines is 1. The van der Waals surface area contributed by atoms with Gasteiger partial charge in [0.1, 0.15) is 17.2 Å². The number of aliphatic hydroxyl groups excluding tert-OH is 1. The van der Waals surface area contributed by atoms with Crippen LogP contribution in [0.3, 0.4) is 0 Å². The third kappa shape index (κ3) is 8.08. The van der Waals surface area contributed by atoms with Crippen LogP contribution in [-0.4, -0.2) is 40.9 Å². The van der Waals surface area contributed by atoms with Crippen LogP contribution >= 0.6 is 11.6 Å². The molecular weight excluding hydrogens is 624 g/mol. The van der Waals surface area contributed by atoms with Crippen LogP contribution in [0.1, 0.15) is 29.2 Å². The first-order valence-corrected chi connectivity index (χ1v) is 15.1. The maximum atomic E-state index is 12.9. The number of aromatic hydroxyl groups is 1. The number of phenols is 1. The molecule has 47 heavy (non-hydrogen) atoms. The molecule has 1 aromatic heterocycles. The van der Waals surface area contributed by atoms with Crippen molar-refractivity contribution < 1.29 is 29.3 Å². The molecule has 0 spiro atoms. The van der Waals surface area contributed by atoms with Gasteiger partial charge in [-0.3, -0.25) is 9.59 Å². The van der Waals surface area contributed by atoms with E-state index < -0.39 is 12.2 Å². The van der Waals surface area contributed by atoms with Crippen molar-refractivity contribution in [2.24, 2.45) is 5.73 Å². The van der Waals surface area contributed by atoms with Gasteiger partial charge >= 0.3 is 6.09 Å². The highest BCUT2D eigenvalue weighted by atomic mass is 35.5. The number of fused-ring (bicyclic) bond motifs is 1. The number of phenolic OH excluding ortho intramolecular Hbond substituents is 1. The van der Waals surface area contributed by atoms with Crippen LogP contribution in [0, 0.1) is 0 Å². The van der Waals surface area contributed by atoms with Gasteiger partial charge < -0.3 is 41.0 Å². The lowest BCUT2D eigenvalue weighted by Crippen LogP contribution is -2.22. The normalized spacial score (nSPS) is 11.6. The van der Waals surface area contributed by atoms with E-state index in [4.69, 9.17) is 26.8 Å². The highest BCUT2D eigenvalue weighted by Crippen LogP contribution is 2.33. The molecule has 4 aromatic carbocycles. The van der Waals surface area contributed by atoms with Gasteiger partial charge in [0.2, 0.25) is 11.5 Å². The smallest absolute Gasteiger partial charge is 0.409 e. The second-order valence-corrected chi connectivity index (χ2v) is 11.1. The molecule has 1 heterocycles. The standard InChI is InChI=1S/C35H33ClN4O7/c1-46-30-17-27(39-32(43)13-8-20-7-9-23(21-5-3-2-4-6-21)31(15-20)47-35(37)45)26(36)16-22(30)18-38-19-29(42)24-10-12-28(41)34-25(24)11-14-33(44)40-34/h2-7,9-12,14-17,29,38,41-42H,8,13,18-19H2,1H3,(H2,37,45)(H,39,43)(H,40,44)/t29-/m0/s1. The first-order valence-electron chi connectivity index (χ1n) is 14.7.